The van der Waals surface area contributed by atoms with Gasteiger partial charge in [-0.25, -0.2) is 4.98 Å². The Bertz CT molecular complexity index is 456. The molecule has 4 N–H and O–H groups in total. The number of aromatic nitrogens is 2. The van der Waals surface area contributed by atoms with Gasteiger partial charge in [-0.05, 0) is 18.2 Å². The van der Waals surface area contributed by atoms with E-state index in [2.05, 4.69) is 9.97 Å². The lowest BCUT2D eigenvalue weighted by Gasteiger charge is -2.12. The van der Waals surface area contributed by atoms with Crippen LogP contribution in [0.15, 0.2) is 42.7 Å². The topological polar surface area (TPSA) is 77.8 Å². The molecule has 2 heterocycles. The smallest absolute Gasteiger partial charge is 0.128 e. The number of hydrogen-bond acceptors (Lipinski definition) is 4. The molecule has 82 valence electrons. The first-order chi connectivity index (χ1) is 7.77. The normalized spacial score (nSPS) is 12.3. The van der Waals surface area contributed by atoms with E-state index >= 15 is 0 Å². The highest BCUT2D eigenvalue weighted by molar-refractivity contribution is 5.41. The Morgan fingerprint density at radius 3 is 2.56 bits per heavy atom. The summed E-state index contributed by atoms with van der Waals surface area (Å²) >= 11 is 0. The summed E-state index contributed by atoms with van der Waals surface area (Å²) < 4.78 is 0. The summed E-state index contributed by atoms with van der Waals surface area (Å²) in [6.45, 7) is 0. The van der Waals surface area contributed by atoms with Gasteiger partial charge in [0, 0.05) is 36.1 Å². The zero-order valence-corrected chi connectivity index (χ0v) is 8.88. The minimum absolute atomic E-state index is 0.163. The second kappa shape index (κ2) is 4.72. The van der Waals surface area contributed by atoms with Gasteiger partial charge >= 0.3 is 0 Å². The van der Waals surface area contributed by atoms with Crippen LogP contribution in [0.25, 0.3) is 0 Å². The molecule has 16 heavy (non-hydrogen) atoms. The quantitative estimate of drug-likeness (QED) is 0.807. The maximum Gasteiger partial charge on any atom is 0.128 e. The summed E-state index contributed by atoms with van der Waals surface area (Å²) in [5.74, 6) is 0.492. The van der Waals surface area contributed by atoms with Gasteiger partial charge in [-0.3, -0.25) is 4.98 Å². The molecule has 0 fully saturated rings. The van der Waals surface area contributed by atoms with E-state index in [1.165, 1.54) is 0 Å². The lowest BCUT2D eigenvalue weighted by molar-refractivity contribution is 0.706. The third-order valence-corrected chi connectivity index (χ3v) is 2.43. The van der Waals surface area contributed by atoms with E-state index in [4.69, 9.17) is 11.5 Å². The molecule has 1 unspecified atom stereocenters. The van der Waals surface area contributed by atoms with Crippen molar-refractivity contribution in [3.8, 4) is 0 Å². The van der Waals surface area contributed by atoms with E-state index in [1.807, 2.05) is 30.3 Å². The van der Waals surface area contributed by atoms with E-state index in [1.54, 1.807) is 12.4 Å². The van der Waals surface area contributed by atoms with Crippen molar-refractivity contribution in [3.63, 3.8) is 0 Å². The fourth-order valence-electron chi connectivity index (χ4n) is 1.60. The molecular weight excluding hydrogens is 200 g/mol. The Kier molecular flexibility index (Phi) is 3.12. The lowest BCUT2D eigenvalue weighted by Crippen LogP contribution is -2.16. The van der Waals surface area contributed by atoms with Crippen molar-refractivity contribution in [1.82, 2.24) is 9.97 Å². The van der Waals surface area contributed by atoms with Crippen molar-refractivity contribution in [2.24, 2.45) is 5.73 Å². The Morgan fingerprint density at radius 2 is 1.88 bits per heavy atom. The monoisotopic (exact) mass is 214 g/mol. The maximum atomic E-state index is 6.07. The SMILES string of the molecule is Nc1ncccc1C(N)Cc1ccccn1. The lowest BCUT2D eigenvalue weighted by atomic mass is 10.0. The van der Waals surface area contributed by atoms with Crippen LogP contribution in [-0.4, -0.2) is 9.97 Å². The number of pyridine rings is 2. The van der Waals surface area contributed by atoms with Gasteiger partial charge in [-0.2, -0.15) is 0 Å². The zero-order chi connectivity index (χ0) is 11.4. The molecule has 4 heteroatoms. The molecule has 0 radical (unpaired) electrons. The van der Waals surface area contributed by atoms with Crippen LogP contribution in [0.3, 0.4) is 0 Å². The van der Waals surface area contributed by atoms with Crippen LogP contribution in [0, 0.1) is 0 Å². The maximum absolute atomic E-state index is 6.07. The number of rotatable bonds is 3. The first-order valence-electron chi connectivity index (χ1n) is 5.13. The molecule has 0 aliphatic carbocycles. The molecule has 0 saturated carbocycles. The van der Waals surface area contributed by atoms with Gasteiger partial charge in [0.05, 0.1) is 0 Å². The minimum Gasteiger partial charge on any atom is -0.383 e. The van der Waals surface area contributed by atoms with Crippen LogP contribution in [0.1, 0.15) is 17.3 Å². The summed E-state index contributed by atoms with van der Waals surface area (Å²) in [6.07, 6.45) is 4.08. The van der Waals surface area contributed by atoms with Crippen molar-refractivity contribution >= 4 is 5.82 Å². The van der Waals surface area contributed by atoms with Crippen molar-refractivity contribution in [2.45, 2.75) is 12.5 Å². The third-order valence-electron chi connectivity index (χ3n) is 2.43. The number of nitrogens with two attached hydrogens (primary N) is 2. The zero-order valence-electron chi connectivity index (χ0n) is 8.88. The van der Waals surface area contributed by atoms with Gasteiger partial charge in [0.2, 0.25) is 0 Å². The highest BCUT2D eigenvalue weighted by Gasteiger charge is 2.10. The molecule has 2 rings (SSSR count). The Balaban J connectivity index is 2.15. The van der Waals surface area contributed by atoms with Crippen molar-refractivity contribution in [3.05, 3.63) is 54.0 Å². The molecule has 1 atom stereocenters. The molecule has 0 aliphatic heterocycles. The van der Waals surface area contributed by atoms with Crippen LogP contribution < -0.4 is 11.5 Å². The first-order valence-corrected chi connectivity index (χ1v) is 5.13. The van der Waals surface area contributed by atoms with Crippen molar-refractivity contribution in [1.29, 1.82) is 0 Å². The van der Waals surface area contributed by atoms with Crippen LogP contribution in [-0.2, 0) is 6.42 Å². The fourth-order valence-corrected chi connectivity index (χ4v) is 1.60. The van der Waals surface area contributed by atoms with Gasteiger partial charge in [-0.1, -0.05) is 12.1 Å². The second-order valence-electron chi connectivity index (χ2n) is 3.61. The van der Waals surface area contributed by atoms with Crippen LogP contribution in [0.2, 0.25) is 0 Å². The minimum atomic E-state index is -0.163. The fraction of sp³-hybridized carbons (Fsp3) is 0.167. The molecule has 0 aromatic carbocycles. The first kappa shape index (κ1) is 10.6. The molecule has 0 bridgehead atoms. The number of anilines is 1. The summed E-state index contributed by atoms with van der Waals surface area (Å²) in [6, 6.07) is 9.35. The van der Waals surface area contributed by atoms with Gasteiger partial charge in [0.1, 0.15) is 5.82 Å². The number of hydrogen-bond donors (Lipinski definition) is 2. The van der Waals surface area contributed by atoms with Crippen LogP contribution >= 0.6 is 0 Å². The van der Waals surface area contributed by atoms with Crippen LogP contribution in [0.5, 0.6) is 0 Å². The molecule has 2 aromatic rings. The summed E-state index contributed by atoms with van der Waals surface area (Å²) in [4.78, 5) is 8.25. The van der Waals surface area contributed by atoms with E-state index in [9.17, 15) is 0 Å². The molecule has 0 aliphatic rings. The predicted octanol–water partition coefficient (Wildman–Crippen LogP) is 1.30. The molecule has 2 aromatic heterocycles. The summed E-state index contributed by atoms with van der Waals surface area (Å²) in [5, 5.41) is 0. The van der Waals surface area contributed by atoms with Crippen LogP contribution in [0.4, 0.5) is 5.82 Å². The Morgan fingerprint density at radius 1 is 1.06 bits per heavy atom. The summed E-state index contributed by atoms with van der Waals surface area (Å²) in [5.41, 5.74) is 13.7. The van der Waals surface area contributed by atoms with E-state index in [-0.39, 0.29) is 6.04 Å². The number of nitrogens with zero attached hydrogens (tertiary/aromatic N) is 2. The van der Waals surface area contributed by atoms with Gasteiger partial charge in [-0.15, -0.1) is 0 Å². The van der Waals surface area contributed by atoms with Crippen molar-refractivity contribution in [2.75, 3.05) is 5.73 Å². The molecule has 0 saturated heterocycles. The molecule has 0 amide bonds. The van der Waals surface area contributed by atoms with E-state index < -0.39 is 0 Å². The molecule has 4 nitrogen and oxygen atoms in total. The summed E-state index contributed by atoms with van der Waals surface area (Å²) in [7, 11) is 0. The van der Waals surface area contributed by atoms with Gasteiger partial charge in [0.25, 0.3) is 0 Å². The second-order valence-corrected chi connectivity index (χ2v) is 3.61. The van der Waals surface area contributed by atoms with Gasteiger partial charge in [0.15, 0.2) is 0 Å². The average Bonchev–Trinajstić information content (AvgIpc) is 2.31. The van der Waals surface area contributed by atoms with E-state index in [0.29, 0.717) is 12.2 Å². The highest BCUT2D eigenvalue weighted by Crippen LogP contribution is 2.18. The largest absolute Gasteiger partial charge is 0.383 e. The molecular formula is C12H14N4. The Hall–Kier alpha value is -1.94. The van der Waals surface area contributed by atoms with E-state index in [0.717, 1.165) is 11.3 Å². The standard InChI is InChI=1S/C12H14N4/c13-11(8-9-4-1-2-6-15-9)10-5-3-7-16-12(10)14/h1-7,11H,8,13H2,(H2,14,16). The average molecular weight is 214 g/mol. The highest BCUT2D eigenvalue weighted by atomic mass is 14.8. The predicted molar refractivity (Wildman–Crippen MR) is 63.5 cm³/mol. The van der Waals surface area contributed by atoms with Crippen molar-refractivity contribution < 1.29 is 0 Å². The molecule has 0 spiro atoms. The third kappa shape index (κ3) is 2.35. The van der Waals surface area contributed by atoms with Gasteiger partial charge < -0.3 is 11.5 Å². The number of nitrogen functional groups attached to an aromatic ring is 1. The Labute approximate surface area is 94.3 Å².